The van der Waals surface area contributed by atoms with Gasteiger partial charge in [-0.15, -0.1) is 0 Å². The van der Waals surface area contributed by atoms with Gasteiger partial charge >= 0.3 is 5.97 Å². The summed E-state index contributed by atoms with van der Waals surface area (Å²) in [6.07, 6.45) is 4.57. The molecule has 1 heterocycles. The molecule has 1 aliphatic rings. The Morgan fingerprint density at radius 1 is 1.69 bits per heavy atom. The highest BCUT2D eigenvalue weighted by Gasteiger charge is 2.24. The topological polar surface area (TPSA) is 26.3 Å². The number of carbonyl (C=O) groups is 1. The number of hydrogen-bond acceptors (Lipinski definition) is 2. The zero-order valence-electron chi connectivity index (χ0n) is 8.30. The lowest BCUT2D eigenvalue weighted by Gasteiger charge is -2.20. The van der Waals surface area contributed by atoms with Crippen molar-refractivity contribution in [2.75, 3.05) is 0 Å². The summed E-state index contributed by atoms with van der Waals surface area (Å²) in [7, 11) is 0. The van der Waals surface area contributed by atoms with Gasteiger partial charge in [0.15, 0.2) is 0 Å². The van der Waals surface area contributed by atoms with E-state index < -0.39 is 0 Å². The van der Waals surface area contributed by atoms with Gasteiger partial charge in [0, 0.05) is 6.42 Å². The molecule has 0 bridgehead atoms. The zero-order valence-corrected chi connectivity index (χ0v) is 8.30. The molecule has 0 aliphatic carbocycles. The Kier molecular flexibility index (Phi) is 3.29. The normalized spacial score (nSPS) is 22.5. The summed E-state index contributed by atoms with van der Waals surface area (Å²) < 4.78 is 4.97. The van der Waals surface area contributed by atoms with Crippen molar-refractivity contribution < 1.29 is 9.53 Å². The minimum absolute atomic E-state index is 0.0420. The monoisotopic (exact) mass is 180 g/mol. The van der Waals surface area contributed by atoms with Gasteiger partial charge in [-0.25, -0.2) is 0 Å². The number of rotatable bonds is 2. The Balaban J connectivity index is 2.47. The van der Waals surface area contributed by atoms with Gasteiger partial charge in [0.25, 0.3) is 0 Å². The van der Waals surface area contributed by atoms with Gasteiger partial charge in [0.05, 0.1) is 5.92 Å². The third-order valence-corrected chi connectivity index (χ3v) is 2.16. The first-order valence-electron chi connectivity index (χ1n) is 4.62. The summed E-state index contributed by atoms with van der Waals surface area (Å²) in [5.41, 5.74) is 1.25. The van der Waals surface area contributed by atoms with E-state index in [2.05, 4.69) is 12.7 Å². The molecule has 2 heteroatoms. The van der Waals surface area contributed by atoms with Crippen molar-refractivity contribution in [2.24, 2.45) is 5.92 Å². The lowest BCUT2D eigenvalue weighted by Crippen LogP contribution is -2.22. The predicted molar refractivity (Wildman–Crippen MR) is 52.0 cm³/mol. The first kappa shape index (κ1) is 10.0. The van der Waals surface area contributed by atoms with E-state index in [-0.39, 0.29) is 11.9 Å². The summed E-state index contributed by atoms with van der Waals surface area (Å²) in [4.78, 5) is 11.3. The maximum absolute atomic E-state index is 11.3. The fraction of sp³-hybridized carbons (Fsp3) is 0.545. The molecule has 0 aromatic heterocycles. The summed E-state index contributed by atoms with van der Waals surface area (Å²) in [5.74, 6) is 0.535. The third kappa shape index (κ3) is 3.05. The molecule has 1 aliphatic heterocycles. The van der Waals surface area contributed by atoms with Crippen LogP contribution in [-0.2, 0) is 9.53 Å². The molecule has 72 valence electrons. The van der Waals surface area contributed by atoms with Crippen LogP contribution in [0.25, 0.3) is 0 Å². The van der Waals surface area contributed by atoms with E-state index in [9.17, 15) is 4.79 Å². The standard InChI is InChI=1S/C11H16O2/c1-8(2)4-6-10-7-5-9(3)13-11(10)12/h4,10H,3,5-7H2,1-2H3. The quantitative estimate of drug-likeness (QED) is 0.482. The summed E-state index contributed by atoms with van der Waals surface area (Å²) in [6, 6.07) is 0. The van der Waals surface area contributed by atoms with Crippen LogP contribution in [0, 0.1) is 5.92 Å². The number of ether oxygens (including phenoxy) is 1. The molecule has 0 radical (unpaired) electrons. The van der Waals surface area contributed by atoms with Crippen molar-refractivity contribution >= 4 is 5.97 Å². The molecule has 1 fully saturated rings. The molecule has 1 rings (SSSR count). The zero-order chi connectivity index (χ0) is 9.84. The van der Waals surface area contributed by atoms with Gasteiger partial charge in [0.2, 0.25) is 0 Å². The van der Waals surface area contributed by atoms with Crippen LogP contribution in [0.1, 0.15) is 33.1 Å². The second-order valence-electron chi connectivity index (χ2n) is 3.71. The molecule has 1 atom stereocenters. The van der Waals surface area contributed by atoms with Crippen LogP contribution in [-0.4, -0.2) is 5.97 Å². The highest BCUT2D eigenvalue weighted by atomic mass is 16.5. The SMILES string of the molecule is C=C1CCC(CC=C(C)C)C(=O)O1. The van der Waals surface area contributed by atoms with Crippen LogP contribution in [0.3, 0.4) is 0 Å². The lowest BCUT2D eigenvalue weighted by molar-refractivity contribution is -0.147. The van der Waals surface area contributed by atoms with Crippen molar-refractivity contribution in [3.63, 3.8) is 0 Å². The second kappa shape index (κ2) is 4.26. The van der Waals surface area contributed by atoms with Gasteiger partial charge in [-0.3, -0.25) is 4.79 Å². The lowest BCUT2D eigenvalue weighted by atomic mass is 9.96. The van der Waals surface area contributed by atoms with E-state index >= 15 is 0 Å². The molecule has 13 heavy (non-hydrogen) atoms. The van der Waals surface area contributed by atoms with Crippen molar-refractivity contribution in [1.82, 2.24) is 0 Å². The fourth-order valence-electron chi connectivity index (χ4n) is 1.32. The maximum Gasteiger partial charge on any atom is 0.314 e. The molecule has 0 amide bonds. The van der Waals surface area contributed by atoms with Crippen LogP contribution in [0.15, 0.2) is 24.0 Å². The van der Waals surface area contributed by atoms with E-state index in [4.69, 9.17) is 4.74 Å². The Morgan fingerprint density at radius 2 is 2.38 bits per heavy atom. The summed E-state index contributed by atoms with van der Waals surface area (Å²) in [6.45, 7) is 7.71. The van der Waals surface area contributed by atoms with Crippen molar-refractivity contribution in [2.45, 2.75) is 33.1 Å². The molecule has 0 aromatic carbocycles. The maximum atomic E-state index is 11.3. The molecular formula is C11H16O2. The van der Waals surface area contributed by atoms with Crippen molar-refractivity contribution in [3.8, 4) is 0 Å². The Hall–Kier alpha value is -1.05. The second-order valence-corrected chi connectivity index (χ2v) is 3.71. The van der Waals surface area contributed by atoms with Gasteiger partial charge in [-0.2, -0.15) is 0 Å². The van der Waals surface area contributed by atoms with Crippen LogP contribution in [0.2, 0.25) is 0 Å². The molecule has 0 saturated carbocycles. The average Bonchev–Trinajstić information content (AvgIpc) is 2.02. The predicted octanol–water partition coefficient (Wildman–Crippen LogP) is 2.81. The van der Waals surface area contributed by atoms with Gasteiger partial charge < -0.3 is 4.74 Å². The smallest absolute Gasteiger partial charge is 0.314 e. The first-order chi connectivity index (χ1) is 6.09. The summed E-state index contributed by atoms with van der Waals surface area (Å²) >= 11 is 0. The molecular weight excluding hydrogens is 164 g/mol. The van der Waals surface area contributed by atoms with Crippen LogP contribution in [0.4, 0.5) is 0 Å². The molecule has 0 N–H and O–H groups in total. The Morgan fingerprint density at radius 3 is 2.92 bits per heavy atom. The van der Waals surface area contributed by atoms with Gasteiger partial charge in [-0.05, 0) is 26.7 Å². The van der Waals surface area contributed by atoms with Crippen LogP contribution in [0.5, 0.6) is 0 Å². The minimum Gasteiger partial charge on any atom is -0.431 e. The number of hydrogen-bond donors (Lipinski definition) is 0. The fourth-order valence-corrected chi connectivity index (χ4v) is 1.32. The summed E-state index contributed by atoms with van der Waals surface area (Å²) in [5, 5.41) is 0. The van der Waals surface area contributed by atoms with E-state index in [1.165, 1.54) is 5.57 Å². The third-order valence-electron chi connectivity index (χ3n) is 2.16. The Bertz CT molecular complexity index is 247. The first-order valence-corrected chi connectivity index (χ1v) is 4.62. The molecule has 0 aromatic rings. The van der Waals surface area contributed by atoms with E-state index in [1.807, 2.05) is 13.8 Å². The minimum atomic E-state index is -0.117. The molecule has 2 nitrogen and oxygen atoms in total. The average molecular weight is 180 g/mol. The number of carbonyl (C=O) groups excluding carboxylic acids is 1. The van der Waals surface area contributed by atoms with Crippen LogP contribution < -0.4 is 0 Å². The molecule has 1 unspecified atom stereocenters. The van der Waals surface area contributed by atoms with Crippen molar-refractivity contribution in [1.29, 1.82) is 0 Å². The number of cyclic esters (lactones) is 1. The number of allylic oxidation sites excluding steroid dienone is 3. The van der Waals surface area contributed by atoms with Gasteiger partial charge in [0.1, 0.15) is 5.76 Å². The number of esters is 1. The Labute approximate surface area is 79.3 Å². The van der Waals surface area contributed by atoms with Crippen molar-refractivity contribution in [3.05, 3.63) is 24.0 Å². The highest BCUT2D eigenvalue weighted by Crippen LogP contribution is 2.24. The van der Waals surface area contributed by atoms with Gasteiger partial charge in [-0.1, -0.05) is 18.2 Å². The van der Waals surface area contributed by atoms with E-state index in [0.717, 1.165) is 19.3 Å². The van der Waals surface area contributed by atoms with E-state index in [0.29, 0.717) is 5.76 Å². The largest absolute Gasteiger partial charge is 0.431 e. The molecule has 0 spiro atoms. The highest BCUT2D eigenvalue weighted by molar-refractivity contribution is 5.74. The molecule has 1 saturated heterocycles. The van der Waals surface area contributed by atoms with Crippen LogP contribution >= 0.6 is 0 Å². The van der Waals surface area contributed by atoms with E-state index in [1.54, 1.807) is 0 Å².